The third-order valence-corrected chi connectivity index (χ3v) is 6.06. The monoisotopic (exact) mass is 455 g/mol. The average molecular weight is 456 g/mol. The lowest BCUT2D eigenvalue weighted by molar-refractivity contribution is 0.378. The fourth-order valence-electron chi connectivity index (χ4n) is 3.38. The average Bonchev–Trinajstić information content (AvgIpc) is 3.51. The molecule has 4 aromatic heterocycles. The van der Waals surface area contributed by atoms with E-state index in [1.165, 1.54) is 5.56 Å². The van der Waals surface area contributed by atoms with Gasteiger partial charge in [-0.3, -0.25) is 14.5 Å². The van der Waals surface area contributed by atoms with Gasteiger partial charge in [0.05, 0.1) is 6.54 Å². The Morgan fingerprint density at radius 2 is 1.55 bits per heavy atom. The van der Waals surface area contributed by atoms with Gasteiger partial charge in [0.15, 0.2) is 11.0 Å². The molecular weight excluding hydrogens is 434 g/mol. The fraction of sp³-hybridized carbons (Fsp3) is 0.167. The quantitative estimate of drug-likeness (QED) is 0.236. The number of nitrogens with zero attached hydrogens (tertiary/aromatic N) is 7. The number of hydrogen-bond donors (Lipinski definition) is 0. The molecule has 0 saturated heterocycles. The Morgan fingerprint density at radius 3 is 2.30 bits per heavy atom. The molecule has 0 fully saturated rings. The van der Waals surface area contributed by atoms with Gasteiger partial charge in [-0.15, -0.1) is 10.2 Å². The summed E-state index contributed by atoms with van der Waals surface area (Å²) in [4.78, 5) is 12.6. The van der Waals surface area contributed by atoms with Crippen LogP contribution in [0.4, 0.5) is 0 Å². The summed E-state index contributed by atoms with van der Waals surface area (Å²) < 4.78 is 7.56. The zero-order valence-electron chi connectivity index (χ0n) is 17.8. The first-order chi connectivity index (χ1) is 16.4. The number of hydrogen-bond acceptors (Lipinski definition) is 8. The number of benzene rings is 1. The zero-order valence-corrected chi connectivity index (χ0v) is 18.6. The van der Waals surface area contributed by atoms with Crippen molar-refractivity contribution >= 4 is 11.8 Å². The Kier molecular flexibility index (Phi) is 6.48. The molecule has 9 heteroatoms. The van der Waals surface area contributed by atoms with Crippen LogP contribution < -0.4 is 0 Å². The van der Waals surface area contributed by atoms with Crippen LogP contribution in [0.2, 0.25) is 0 Å². The third kappa shape index (κ3) is 5.15. The van der Waals surface area contributed by atoms with Gasteiger partial charge in [-0.2, -0.15) is 4.98 Å². The van der Waals surface area contributed by atoms with E-state index in [-0.39, 0.29) is 0 Å². The van der Waals surface area contributed by atoms with Crippen LogP contribution in [0.15, 0.2) is 89.1 Å². The number of aryl methyl sites for hydroxylation is 1. The lowest BCUT2D eigenvalue weighted by atomic mass is 10.2. The molecule has 1 aromatic carbocycles. The molecule has 0 atom stereocenters. The van der Waals surface area contributed by atoms with Crippen molar-refractivity contribution < 1.29 is 4.52 Å². The largest absolute Gasteiger partial charge is 0.339 e. The number of pyridine rings is 2. The van der Waals surface area contributed by atoms with Crippen LogP contribution in [0.3, 0.4) is 0 Å². The second kappa shape index (κ2) is 10.2. The van der Waals surface area contributed by atoms with E-state index in [0.717, 1.165) is 34.3 Å². The molecule has 0 radical (unpaired) electrons. The van der Waals surface area contributed by atoms with E-state index in [9.17, 15) is 0 Å². The molecule has 0 aliphatic rings. The molecule has 0 unspecified atom stereocenters. The predicted octanol–water partition coefficient (Wildman–Crippen LogP) is 4.56. The van der Waals surface area contributed by atoms with Gasteiger partial charge in [-0.05, 0) is 36.2 Å². The summed E-state index contributed by atoms with van der Waals surface area (Å²) in [5.41, 5.74) is 3.09. The van der Waals surface area contributed by atoms with Gasteiger partial charge in [0.25, 0.3) is 0 Å². The maximum atomic E-state index is 5.41. The summed E-state index contributed by atoms with van der Waals surface area (Å²) in [6.07, 6.45) is 8.56. The Hall–Kier alpha value is -3.85. The maximum absolute atomic E-state index is 5.41. The van der Waals surface area contributed by atoms with Gasteiger partial charge in [0, 0.05) is 48.1 Å². The van der Waals surface area contributed by atoms with Crippen LogP contribution in [-0.2, 0) is 13.0 Å². The minimum Gasteiger partial charge on any atom is -0.339 e. The Labute approximate surface area is 195 Å². The van der Waals surface area contributed by atoms with Gasteiger partial charge in [-0.1, -0.05) is 47.3 Å². The van der Waals surface area contributed by atoms with Crippen molar-refractivity contribution in [2.24, 2.45) is 0 Å². The fourth-order valence-corrected chi connectivity index (χ4v) is 4.26. The highest BCUT2D eigenvalue weighted by Crippen LogP contribution is 2.26. The predicted molar refractivity (Wildman–Crippen MR) is 125 cm³/mol. The van der Waals surface area contributed by atoms with E-state index in [1.54, 1.807) is 36.5 Å². The first-order valence-corrected chi connectivity index (χ1v) is 11.6. The highest BCUT2D eigenvalue weighted by molar-refractivity contribution is 7.99. The molecule has 0 aliphatic carbocycles. The molecule has 5 aromatic rings. The van der Waals surface area contributed by atoms with E-state index in [4.69, 9.17) is 4.52 Å². The molecule has 0 saturated carbocycles. The van der Waals surface area contributed by atoms with Gasteiger partial charge in [0.2, 0.25) is 11.7 Å². The molecule has 33 heavy (non-hydrogen) atoms. The molecule has 0 spiro atoms. The molecule has 5 rings (SSSR count). The van der Waals surface area contributed by atoms with E-state index in [1.807, 2.05) is 42.5 Å². The van der Waals surface area contributed by atoms with Crippen molar-refractivity contribution in [1.29, 1.82) is 0 Å². The molecule has 0 N–H and O–H groups in total. The van der Waals surface area contributed by atoms with Gasteiger partial charge < -0.3 is 4.52 Å². The second-order valence-corrected chi connectivity index (χ2v) is 8.38. The molecule has 164 valence electrons. The normalized spacial score (nSPS) is 11.0. The molecule has 4 heterocycles. The molecule has 0 amide bonds. The minimum atomic E-state index is 0.588. The molecule has 8 nitrogen and oxygen atoms in total. The lowest BCUT2D eigenvalue weighted by Gasteiger charge is -2.10. The maximum Gasteiger partial charge on any atom is 0.226 e. The standard InChI is InChI=1S/C24H21N7OS/c1-2-5-18(6-3-1)17-31-23(20-10-14-26-15-11-20)28-29-24(31)33-16-4-7-21-27-22(30-32-21)19-8-12-25-13-9-19/h1-3,5-6,8-15H,4,7,16-17H2. The van der Waals surface area contributed by atoms with Crippen LogP contribution in [0, 0.1) is 0 Å². The Bertz CT molecular complexity index is 1290. The summed E-state index contributed by atoms with van der Waals surface area (Å²) in [7, 11) is 0. The van der Waals surface area contributed by atoms with Crippen LogP contribution in [-0.4, -0.2) is 40.6 Å². The van der Waals surface area contributed by atoms with Crippen molar-refractivity contribution in [3.8, 4) is 22.8 Å². The molecular formula is C24H21N7OS. The molecule has 0 aliphatic heterocycles. The van der Waals surface area contributed by atoms with Crippen LogP contribution >= 0.6 is 11.8 Å². The van der Waals surface area contributed by atoms with E-state index in [0.29, 0.717) is 24.7 Å². The highest BCUT2D eigenvalue weighted by Gasteiger charge is 2.15. The Balaban J connectivity index is 1.26. The SMILES string of the molecule is c1ccc(Cn2c(SCCCc3nc(-c4ccncc4)no3)nnc2-c2ccncc2)cc1. The van der Waals surface area contributed by atoms with E-state index >= 15 is 0 Å². The summed E-state index contributed by atoms with van der Waals surface area (Å²) in [5, 5.41) is 13.9. The summed E-state index contributed by atoms with van der Waals surface area (Å²) in [6.45, 7) is 0.701. The Morgan fingerprint density at radius 1 is 0.818 bits per heavy atom. The summed E-state index contributed by atoms with van der Waals surface area (Å²) in [5.74, 6) is 2.91. The van der Waals surface area contributed by atoms with Crippen molar-refractivity contribution in [2.45, 2.75) is 24.5 Å². The van der Waals surface area contributed by atoms with Gasteiger partial charge >= 0.3 is 0 Å². The second-order valence-electron chi connectivity index (χ2n) is 7.31. The summed E-state index contributed by atoms with van der Waals surface area (Å²) in [6, 6.07) is 18.0. The zero-order chi connectivity index (χ0) is 22.3. The first kappa shape index (κ1) is 21.0. The van der Waals surface area contributed by atoms with E-state index < -0.39 is 0 Å². The van der Waals surface area contributed by atoms with Crippen LogP contribution in [0.25, 0.3) is 22.8 Å². The van der Waals surface area contributed by atoms with Crippen molar-refractivity contribution in [1.82, 2.24) is 34.9 Å². The highest BCUT2D eigenvalue weighted by atomic mass is 32.2. The van der Waals surface area contributed by atoms with Gasteiger partial charge in [-0.25, -0.2) is 0 Å². The number of aromatic nitrogens is 7. The first-order valence-electron chi connectivity index (χ1n) is 10.6. The van der Waals surface area contributed by atoms with Gasteiger partial charge in [0.1, 0.15) is 0 Å². The number of rotatable bonds is 9. The lowest BCUT2D eigenvalue weighted by Crippen LogP contribution is -2.04. The smallest absolute Gasteiger partial charge is 0.226 e. The molecule has 0 bridgehead atoms. The van der Waals surface area contributed by atoms with Crippen LogP contribution in [0.5, 0.6) is 0 Å². The summed E-state index contributed by atoms with van der Waals surface area (Å²) >= 11 is 1.68. The minimum absolute atomic E-state index is 0.588. The van der Waals surface area contributed by atoms with Crippen molar-refractivity contribution in [2.75, 3.05) is 5.75 Å². The van der Waals surface area contributed by atoms with Crippen molar-refractivity contribution in [3.05, 3.63) is 90.8 Å². The number of thioether (sulfide) groups is 1. The topological polar surface area (TPSA) is 95.4 Å². The van der Waals surface area contributed by atoms with E-state index in [2.05, 4.69) is 47.0 Å². The van der Waals surface area contributed by atoms with Crippen LogP contribution in [0.1, 0.15) is 17.9 Å². The van der Waals surface area contributed by atoms with Crippen molar-refractivity contribution in [3.63, 3.8) is 0 Å². The third-order valence-electron chi connectivity index (χ3n) is 5.01.